The second kappa shape index (κ2) is 10.6. The van der Waals surface area contributed by atoms with Gasteiger partial charge in [-0.15, -0.1) is 0 Å². The van der Waals surface area contributed by atoms with E-state index in [1.165, 1.54) is 11.1 Å². The lowest BCUT2D eigenvalue weighted by Crippen LogP contribution is -2.46. The fraction of sp³-hybridized carbons (Fsp3) is 0.310. The molecule has 0 spiro atoms. The van der Waals surface area contributed by atoms with Crippen molar-refractivity contribution in [3.8, 4) is 17.1 Å². The van der Waals surface area contributed by atoms with Gasteiger partial charge < -0.3 is 30.0 Å². The molecule has 0 bridgehead atoms. The second-order valence-electron chi connectivity index (χ2n) is 10.3. The van der Waals surface area contributed by atoms with Crippen molar-refractivity contribution in [1.82, 2.24) is 24.8 Å². The van der Waals surface area contributed by atoms with E-state index in [1.807, 2.05) is 25.2 Å². The third-order valence-corrected chi connectivity index (χ3v) is 7.48. The van der Waals surface area contributed by atoms with Gasteiger partial charge in [-0.2, -0.15) is 0 Å². The summed E-state index contributed by atoms with van der Waals surface area (Å²) in [5.74, 6) is 0.343. The summed E-state index contributed by atoms with van der Waals surface area (Å²) in [7, 11) is 2.03. The molecule has 4 aromatic rings. The van der Waals surface area contributed by atoms with Crippen LogP contribution in [0.3, 0.4) is 0 Å². The smallest absolute Gasteiger partial charge is 0.261 e. The van der Waals surface area contributed by atoms with Crippen LogP contribution in [-0.4, -0.2) is 87.1 Å². The zero-order valence-electron chi connectivity index (χ0n) is 22.0. The summed E-state index contributed by atoms with van der Waals surface area (Å²) in [6.07, 6.45) is 2.17. The Morgan fingerprint density at radius 1 is 1.07 bits per heavy atom. The molecule has 4 N–H and O–H groups in total. The van der Waals surface area contributed by atoms with Crippen LogP contribution in [0, 0.1) is 0 Å². The highest BCUT2D eigenvalue weighted by Crippen LogP contribution is 2.32. The van der Waals surface area contributed by atoms with Gasteiger partial charge in [-0.25, -0.2) is 4.98 Å². The van der Waals surface area contributed by atoms with E-state index in [1.54, 1.807) is 30.3 Å². The lowest BCUT2D eigenvalue weighted by Gasteiger charge is -2.33. The minimum Gasteiger partial charge on any atom is -0.491 e. The molecular weight excluding hydrogens is 512 g/mol. The summed E-state index contributed by atoms with van der Waals surface area (Å²) in [5.41, 5.74) is 2.03. The topological polar surface area (TPSA) is 144 Å². The molecule has 11 nitrogen and oxygen atoms in total. The number of piperidine rings is 1. The molecule has 2 aromatic heterocycles. The summed E-state index contributed by atoms with van der Waals surface area (Å²) < 4.78 is 5.60. The molecular formula is C29H30N6O5. The number of hydrogen-bond donors (Lipinski definition) is 4. The molecule has 11 heteroatoms. The quantitative estimate of drug-likeness (QED) is 0.249. The highest BCUT2D eigenvalue weighted by Gasteiger charge is 2.41. The Morgan fingerprint density at radius 3 is 2.55 bits per heavy atom. The molecule has 40 heavy (non-hydrogen) atoms. The number of rotatable bonds is 8. The molecule has 0 saturated carbocycles. The molecule has 1 fully saturated rings. The van der Waals surface area contributed by atoms with E-state index < -0.39 is 6.10 Å². The number of fused-ring (bicyclic) bond motifs is 2. The van der Waals surface area contributed by atoms with E-state index in [-0.39, 0.29) is 48.0 Å². The number of para-hydroxylation sites is 1. The monoisotopic (exact) mass is 542 g/mol. The zero-order valence-corrected chi connectivity index (χ0v) is 22.0. The first-order chi connectivity index (χ1) is 19.4. The number of aliphatic hydroxyl groups is 1. The molecule has 6 rings (SSSR count). The lowest BCUT2D eigenvalue weighted by molar-refractivity contribution is 0.0516. The second-order valence-corrected chi connectivity index (χ2v) is 10.3. The first-order valence-electron chi connectivity index (χ1n) is 13.3. The maximum atomic E-state index is 13.3. The summed E-state index contributed by atoms with van der Waals surface area (Å²) in [5, 5.41) is 13.5. The van der Waals surface area contributed by atoms with Crippen molar-refractivity contribution in [3.63, 3.8) is 0 Å². The zero-order chi connectivity index (χ0) is 27.8. The van der Waals surface area contributed by atoms with Crippen LogP contribution in [0.1, 0.15) is 33.6 Å². The van der Waals surface area contributed by atoms with Crippen LogP contribution < -0.4 is 15.6 Å². The van der Waals surface area contributed by atoms with Gasteiger partial charge in [-0.1, -0.05) is 18.2 Å². The number of imide groups is 1. The number of aromatic nitrogens is 3. The standard InChI is InChI=1S/C29H30N6O5/c1-34-11-8-17(9-12-34)35-28(38)20-13-23-24(14-21(20)29(35)39)33-26(32-23)25-22(7-10-30-27(25)37)31-15-18(36)16-40-19-5-3-2-4-6-19/h2-7,10,13-14,17-18,36H,8-9,11-12,15-16H2,1H3,(H,32,33)(H2,30,31,37). The Morgan fingerprint density at radius 2 is 1.80 bits per heavy atom. The molecule has 2 amide bonds. The van der Waals surface area contributed by atoms with Gasteiger partial charge in [-0.3, -0.25) is 19.3 Å². The maximum absolute atomic E-state index is 13.3. The number of nitrogens with zero attached hydrogens (tertiary/aromatic N) is 3. The van der Waals surface area contributed by atoms with E-state index in [0.29, 0.717) is 33.6 Å². The number of nitrogens with one attached hydrogen (secondary N) is 3. The Kier molecular flexibility index (Phi) is 6.82. The molecule has 2 aliphatic heterocycles. The summed E-state index contributed by atoms with van der Waals surface area (Å²) in [6, 6.07) is 14.0. The average molecular weight is 543 g/mol. The van der Waals surface area contributed by atoms with Crippen LogP contribution in [-0.2, 0) is 0 Å². The molecule has 1 unspecified atom stereocenters. The van der Waals surface area contributed by atoms with E-state index in [4.69, 9.17) is 4.74 Å². The molecule has 0 aliphatic carbocycles. The highest BCUT2D eigenvalue weighted by molar-refractivity contribution is 6.23. The lowest BCUT2D eigenvalue weighted by atomic mass is 10.0. The number of carbonyl (C=O) groups excluding carboxylic acids is 2. The van der Waals surface area contributed by atoms with Gasteiger partial charge in [0.1, 0.15) is 29.8 Å². The summed E-state index contributed by atoms with van der Waals surface area (Å²) in [4.78, 5) is 53.4. The highest BCUT2D eigenvalue weighted by atomic mass is 16.5. The Bertz CT molecular complexity index is 1570. The van der Waals surface area contributed by atoms with Crippen LogP contribution >= 0.6 is 0 Å². The van der Waals surface area contributed by atoms with Crippen molar-refractivity contribution in [1.29, 1.82) is 0 Å². The number of aromatic amines is 2. The Balaban J connectivity index is 1.22. The minimum atomic E-state index is -0.837. The average Bonchev–Trinajstić information content (AvgIpc) is 3.48. The fourth-order valence-electron chi connectivity index (χ4n) is 5.32. The van der Waals surface area contributed by atoms with Gasteiger partial charge in [0.25, 0.3) is 17.4 Å². The van der Waals surface area contributed by atoms with Crippen molar-refractivity contribution in [2.75, 3.05) is 38.6 Å². The van der Waals surface area contributed by atoms with Crippen LogP contribution in [0.2, 0.25) is 0 Å². The van der Waals surface area contributed by atoms with Gasteiger partial charge in [0, 0.05) is 18.8 Å². The molecule has 4 heterocycles. The first kappa shape index (κ1) is 25.8. The molecule has 206 valence electrons. The van der Waals surface area contributed by atoms with E-state index in [0.717, 1.165) is 25.9 Å². The van der Waals surface area contributed by atoms with Gasteiger partial charge >= 0.3 is 0 Å². The van der Waals surface area contributed by atoms with Crippen molar-refractivity contribution in [3.05, 3.63) is 76.2 Å². The first-order valence-corrected chi connectivity index (χ1v) is 13.3. The third-order valence-electron chi connectivity index (χ3n) is 7.48. The van der Waals surface area contributed by atoms with Gasteiger partial charge in [0.2, 0.25) is 0 Å². The summed E-state index contributed by atoms with van der Waals surface area (Å²) in [6.45, 7) is 1.88. The van der Waals surface area contributed by atoms with Crippen LogP contribution in [0.5, 0.6) is 5.75 Å². The largest absolute Gasteiger partial charge is 0.491 e. The third kappa shape index (κ3) is 4.85. The molecule has 1 atom stereocenters. The van der Waals surface area contributed by atoms with Crippen molar-refractivity contribution in [2.24, 2.45) is 0 Å². The van der Waals surface area contributed by atoms with E-state index >= 15 is 0 Å². The number of aliphatic hydroxyl groups excluding tert-OH is 1. The van der Waals surface area contributed by atoms with Gasteiger partial charge in [-0.05, 0) is 63.3 Å². The SMILES string of the molecule is CN1CCC(N2C(=O)c3cc4nc(-c5c(NCC(O)COc6ccccc6)cc[nH]c5=O)[nH]c4cc3C2=O)CC1. The van der Waals surface area contributed by atoms with Crippen molar-refractivity contribution in [2.45, 2.75) is 25.0 Å². The molecule has 1 saturated heterocycles. The van der Waals surface area contributed by atoms with E-state index in [2.05, 4.69) is 25.2 Å². The van der Waals surface area contributed by atoms with Crippen molar-refractivity contribution < 1.29 is 19.4 Å². The number of likely N-dealkylation sites (tertiary alicyclic amines) is 1. The Hall–Kier alpha value is -4.48. The molecule has 2 aromatic carbocycles. The number of ether oxygens (including phenoxy) is 1. The summed E-state index contributed by atoms with van der Waals surface area (Å²) >= 11 is 0. The van der Waals surface area contributed by atoms with Gasteiger partial charge in [0.15, 0.2) is 0 Å². The number of amides is 2. The fourth-order valence-corrected chi connectivity index (χ4v) is 5.32. The van der Waals surface area contributed by atoms with Crippen LogP contribution in [0.4, 0.5) is 5.69 Å². The number of hydrogen-bond acceptors (Lipinski definition) is 8. The van der Waals surface area contributed by atoms with E-state index in [9.17, 15) is 19.5 Å². The number of benzene rings is 2. The Labute approximate surface area is 229 Å². The van der Waals surface area contributed by atoms with Crippen LogP contribution in [0.25, 0.3) is 22.4 Å². The molecule has 0 radical (unpaired) electrons. The predicted molar refractivity (Wildman–Crippen MR) is 150 cm³/mol. The predicted octanol–water partition coefficient (Wildman–Crippen LogP) is 2.46. The molecule has 2 aliphatic rings. The van der Waals surface area contributed by atoms with Crippen LogP contribution in [0.15, 0.2) is 59.5 Å². The maximum Gasteiger partial charge on any atom is 0.261 e. The normalized spacial score (nSPS) is 16.9. The minimum absolute atomic E-state index is 0.0718. The van der Waals surface area contributed by atoms with Crippen molar-refractivity contribution >= 4 is 28.5 Å². The number of anilines is 1. The number of H-pyrrole nitrogens is 2. The number of carbonyl (C=O) groups is 2. The number of imidazole rings is 1. The number of pyridine rings is 1. The van der Waals surface area contributed by atoms with Gasteiger partial charge in [0.05, 0.1) is 27.8 Å².